The van der Waals surface area contributed by atoms with Crippen molar-refractivity contribution in [3.8, 4) is 11.5 Å². The second-order valence-electron chi connectivity index (χ2n) is 5.96. The van der Waals surface area contributed by atoms with Gasteiger partial charge in [0, 0.05) is 12.1 Å². The predicted molar refractivity (Wildman–Crippen MR) is 99.4 cm³/mol. The van der Waals surface area contributed by atoms with E-state index in [-0.39, 0.29) is 12.5 Å². The molecule has 5 nitrogen and oxygen atoms in total. The molecule has 25 heavy (non-hydrogen) atoms. The SMILES string of the molecule is COc1ccc(CC(C)=NNC(=O)COc2cc(C)ccc2C)cc1. The molecule has 0 unspecified atom stereocenters. The first-order valence-corrected chi connectivity index (χ1v) is 8.13. The first-order chi connectivity index (χ1) is 12.0. The Hall–Kier alpha value is -2.82. The Kier molecular flexibility index (Phi) is 6.57. The molecule has 1 N–H and O–H groups in total. The number of hydrazone groups is 1. The third-order valence-electron chi connectivity index (χ3n) is 3.69. The van der Waals surface area contributed by atoms with Crippen molar-refractivity contribution in [3.63, 3.8) is 0 Å². The number of ether oxygens (including phenoxy) is 2. The molecule has 0 aliphatic carbocycles. The molecule has 0 aliphatic heterocycles. The van der Waals surface area contributed by atoms with Crippen LogP contribution in [0.4, 0.5) is 0 Å². The van der Waals surface area contributed by atoms with Crippen LogP contribution in [0.15, 0.2) is 47.6 Å². The van der Waals surface area contributed by atoms with Gasteiger partial charge in [0.2, 0.25) is 0 Å². The fraction of sp³-hybridized carbons (Fsp3) is 0.300. The summed E-state index contributed by atoms with van der Waals surface area (Å²) in [5.74, 6) is 1.25. The molecule has 0 saturated heterocycles. The Morgan fingerprint density at radius 2 is 1.84 bits per heavy atom. The van der Waals surface area contributed by atoms with Crippen molar-refractivity contribution in [1.82, 2.24) is 5.43 Å². The summed E-state index contributed by atoms with van der Waals surface area (Å²) in [6.45, 7) is 5.74. The van der Waals surface area contributed by atoms with Gasteiger partial charge in [0.25, 0.3) is 5.91 Å². The van der Waals surface area contributed by atoms with E-state index in [0.29, 0.717) is 12.2 Å². The highest BCUT2D eigenvalue weighted by molar-refractivity contribution is 5.86. The normalized spacial score (nSPS) is 11.1. The van der Waals surface area contributed by atoms with Gasteiger partial charge in [0.15, 0.2) is 6.61 Å². The van der Waals surface area contributed by atoms with E-state index in [1.54, 1.807) is 7.11 Å². The summed E-state index contributed by atoms with van der Waals surface area (Å²) >= 11 is 0. The van der Waals surface area contributed by atoms with Crippen molar-refractivity contribution in [3.05, 3.63) is 59.2 Å². The van der Waals surface area contributed by atoms with E-state index in [2.05, 4.69) is 10.5 Å². The minimum Gasteiger partial charge on any atom is -0.497 e. The average Bonchev–Trinajstić information content (AvgIpc) is 2.61. The number of amides is 1. The van der Waals surface area contributed by atoms with Crippen LogP contribution in [0.2, 0.25) is 0 Å². The van der Waals surface area contributed by atoms with Crippen LogP contribution in [-0.2, 0) is 11.2 Å². The number of aryl methyl sites for hydroxylation is 2. The minimum absolute atomic E-state index is 0.0659. The Morgan fingerprint density at radius 1 is 1.12 bits per heavy atom. The molecule has 0 saturated carbocycles. The van der Waals surface area contributed by atoms with Crippen molar-refractivity contribution >= 4 is 11.6 Å². The van der Waals surface area contributed by atoms with Gasteiger partial charge < -0.3 is 9.47 Å². The monoisotopic (exact) mass is 340 g/mol. The van der Waals surface area contributed by atoms with Crippen LogP contribution in [-0.4, -0.2) is 25.3 Å². The summed E-state index contributed by atoms with van der Waals surface area (Å²) in [7, 11) is 1.64. The van der Waals surface area contributed by atoms with Gasteiger partial charge in [-0.15, -0.1) is 0 Å². The lowest BCUT2D eigenvalue weighted by atomic mass is 10.1. The summed E-state index contributed by atoms with van der Waals surface area (Å²) in [5, 5.41) is 4.12. The lowest BCUT2D eigenvalue weighted by Gasteiger charge is -2.09. The number of carbonyl (C=O) groups is 1. The van der Waals surface area contributed by atoms with Gasteiger partial charge in [-0.3, -0.25) is 4.79 Å². The van der Waals surface area contributed by atoms with Gasteiger partial charge in [-0.05, 0) is 55.7 Å². The van der Waals surface area contributed by atoms with E-state index >= 15 is 0 Å². The maximum absolute atomic E-state index is 11.9. The fourth-order valence-electron chi connectivity index (χ4n) is 2.27. The van der Waals surface area contributed by atoms with E-state index in [0.717, 1.165) is 28.2 Å². The molecule has 5 heteroatoms. The van der Waals surface area contributed by atoms with E-state index in [1.807, 2.05) is 63.2 Å². The van der Waals surface area contributed by atoms with Gasteiger partial charge in [-0.1, -0.05) is 24.3 Å². The zero-order chi connectivity index (χ0) is 18.2. The number of nitrogens with zero attached hydrogens (tertiary/aromatic N) is 1. The van der Waals surface area contributed by atoms with Crippen LogP contribution in [0, 0.1) is 13.8 Å². The molecule has 1 amide bonds. The lowest BCUT2D eigenvalue weighted by molar-refractivity contribution is -0.123. The van der Waals surface area contributed by atoms with Crippen LogP contribution in [0.3, 0.4) is 0 Å². The Balaban J connectivity index is 1.83. The van der Waals surface area contributed by atoms with E-state index in [4.69, 9.17) is 9.47 Å². The molecule has 0 radical (unpaired) electrons. The quantitative estimate of drug-likeness (QED) is 0.620. The standard InChI is InChI=1S/C20H24N2O3/c1-14-5-6-15(2)19(11-14)25-13-20(23)22-21-16(3)12-17-7-9-18(24-4)10-8-17/h5-11H,12-13H2,1-4H3,(H,22,23). The van der Waals surface area contributed by atoms with Crippen molar-refractivity contribution in [2.45, 2.75) is 27.2 Å². The molecule has 0 aliphatic rings. The highest BCUT2D eigenvalue weighted by atomic mass is 16.5. The summed E-state index contributed by atoms with van der Waals surface area (Å²) < 4.78 is 10.7. The van der Waals surface area contributed by atoms with E-state index in [1.165, 1.54) is 0 Å². The smallest absolute Gasteiger partial charge is 0.277 e. The third kappa shape index (κ3) is 5.95. The van der Waals surface area contributed by atoms with Crippen molar-refractivity contribution in [2.24, 2.45) is 5.10 Å². The number of carbonyl (C=O) groups excluding carboxylic acids is 1. The number of nitrogens with one attached hydrogen (secondary N) is 1. The minimum atomic E-state index is -0.282. The summed E-state index contributed by atoms with van der Waals surface area (Å²) in [6.07, 6.45) is 0.655. The van der Waals surface area contributed by atoms with E-state index in [9.17, 15) is 4.79 Å². The van der Waals surface area contributed by atoms with Crippen LogP contribution >= 0.6 is 0 Å². The van der Waals surface area contributed by atoms with Crippen LogP contribution in [0.5, 0.6) is 11.5 Å². The molecule has 2 aromatic carbocycles. The number of hydrogen-bond donors (Lipinski definition) is 1. The maximum atomic E-state index is 11.9. The molecule has 0 heterocycles. The van der Waals surface area contributed by atoms with Gasteiger partial charge in [0.05, 0.1) is 7.11 Å². The van der Waals surface area contributed by atoms with Gasteiger partial charge in [-0.25, -0.2) is 5.43 Å². The molecule has 0 aromatic heterocycles. The first kappa shape index (κ1) is 18.5. The lowest BCUT2D eigenvalue weighted by Crippen LogP contribution is -2.26. The molecule has 0 spiro atoms. The highest BCUT2D eigenvalue weighted by Crippen LogP contribution is 2.18. The summed E-state index contributed by atoms with van der Waals surface area (Å²) in [4.78, 5) is 11.9. The second kappa shape index (κ2) is 8.87. The maximum Gasteiger partial charge on any atom is 0.277 e. The summed E-state index contributed by atoms with van der Waals surface area (Å²) in [5.41, 5.74) is 6.53. The van der Waals surface area contributed by atoms with Crippen molar-refractivity contribution < 1.29 is 14.3 Å². The molecule has 0 bridgehead atoms. The van der Waals surface area contributed by atoms with Crippen LogP contribution < -0.4 is 14.9 Å². The zero-order valence-electron chi connectivity index (χ0n) is 15.1. The molecular formula is C20H24N2O3. The summed E-state index contributed by atoms with van der Waals surface area (Å²) in [6, 6.07) is 13.7. The molecule has 2 rings (SSSR count). The Labute approximate surface area is 148 Å². The molecule has 2 aromatic rings. The van der Waals surface area contributed by atoms with Gasteiger partial charge in [-0.2, -0.15) is 5.10 Å². The predicted octanol–water partition coefficient (Wildman–Crippen LogP) is 3.43. The number of rotatable bonds is 7. The molecule has 0 atom stereocenters. The third-order valence-corrected chi connectivity index (χ3v) is 3.69. The van der Waals surface area contributed by atoms with Crippen LogP contribution in [0.25, 0.3) is 0 Å². The number of methoxy groups -OCH3 is 1. The average molecular weight is 340 g/mol. The second-order valence-corrected chi connectivity index (χ2v) is 5.96. The van der Waals surface area contributed by atoms with Crippen molar-refractivity contribution in [2.75, 3.05) is 13.7 Å². The number of hydrogen-bond acceptors (Lipinski definition) is 4. The topological polar surface area (TPSA) is 59.9 Å². The first-order valence-electron chi connectivity index (χ1n) is 8.13. The zero-order valence-corrected chi connectivity index (χ0v) is 15.1. The van der Waals surface area contributed by atoms with Crippen LogP contribution in [0.1, 0.15) is 23.6 Å². The van der Waals surface area contributed by atoms with Crippen molar-refractivity contribution in [1.29, 1.82) is 0 Å². The Morgan fingerprint density at radius 3 is 2.52 bits per heavy atom. The van der Waals surface area contributed by atoms with Gasteiger partial charge in [0.1, 0.15) is 11.5 Å². The molecule has 0 fully saturated rings. The highest BCUT2D eigenvalue weighted by Gasteiger charge is 2.05. The molecular weight excluding hydrogens is 316 g/mol. The fourth-order valence-corrected chi connectivity index (χ4v) is 2.27. The molecule has 132 valence electrons. The Bertz CT molecular complexity index is 752. The van der Waals surface area contributed by atoms with Gasteiger partial charge >= 0.3 is 0 Å². The number of benzene rings is 2. The van der Waals surface area contributed by atoms with E-state index < -0.39 is 0 Å². The largest absolute Gasteiger partial charge is 0.497 e.